The van der Waals surface area contributed by atoms with E-state index in [-0.39, 0.29) is 29.7 Å². The quantitative estimate of drug-likeness (QED) is 0.447. The van der Waals surface area contributed by atoms with E-state index < -0.39 is 33.5 Å². The van der Waals surface area contributed by atoms with E-state index in [2.05, 4.69) is 14.9 Å². The third-order valence-electron chi connectivity index (χ3n) is 6.20. The molecule has 0 aliphatic heterocycles. The van der Waals surface area contributed by atoms with E-state index >= 15 is 0 Å². The van der Waals surface area contributed by atoms with Crippen LogP contribution in [0, 0.1) is 18.7 Å². The first-order valence-electron chi connectivity index (χ1n) is 11.6. The predicted octanol–water partition coefficient (Wildman–Crippen LogP) is 4.35. The van der Waals surface area contributed by atoms with Crippen molar-refractivity contribution in [1.82, 2.24) is 14.9 Å². The molecule has 0 amide bonds. The molecule has 1 heterocycles. The van der Waals surface area contributed by atoms with Crippen LogP contribution in [0.25, 0.3) is 22.8 Å². The van der Waals surface area contributed by atoms with Gasteiger partial charge in [0.15, 0.2) is 0 Å². The first-order chi connectivity index (χ1) is 16.7. The van der Waals surface area contributed by atoms with Crippen molar-refractivity contribution in [2.45, 2.75) is 51.5 Å². The predicted molar refractivity (Wildman–Crippen MR) is 128 cm³/mol. The van der Waals surface area contributed by atoms with Crippen LogP contribution in [-0.4, -0.2) is 41.4 Å². The van der Waals surface area contributed by atoms with E-state index in [0.717, 1.165) is 37.7 Å². The van der Waals surface area contributed by atoms with Crippen LogP contribution in [0.15, 0.2) is 47.0 Å². The van der Waals surface area contributed by atoms with Gasteiger partial charge < -0.3 is 9.63 Å². The molecule has 1 fully saturated rings. The maximum atomic E-state index is 14.9. The standard InChI is InChI=1S/C25H28FN3O5S/c1-16-7-10-18(11-8-16)24-27-23(28-34-24)21-12-9-17(14-22(21)26)13-19(25(30)31)15-35(32,33)29-20-5-3-2-4-6-20/h7-12,14,19-20,29H,2-6,13,15H2,1H3,(H,30,31). The van der Waals surface area contributed by atoms with Crippen LogP contribution in [0.4, 0.5) is 4.39 Å². The number of sulfonamides is 1. The number of carboxylic acid groups (broad SMARTS) is 1. The number of aromatic nitrogens is 2. The van der Waals surface area contributed by atoms with Crippen molar-refractivity contribution in [3.05, 3.63) is 59.4 Å². The molecule has 10 heteroatoms. The zero-order chi connectivity index (χ0) is 25.0. The number of halogens is 1. The van der Waals surface area contributed by atoms with Gasteiger partial charge in [0.25, 0.3) is 5.89 Å². The summed E-state index contributed by atoms with van der Waals surface area (Å²) >= 11 is 0. The molecule has 1 aliphatic carbocycles. The largest absolute Gasteiger partial charge is 0.481 e. The van der Waals surface area contributed by atoms with Gasteiger partial charge in [-0.05, 0) is 56.0 Å². The number of hydrogen-bond donors (Lipinski definition) is 2. The molecule has 8 nitrogen and oxygen atoms in total. The van der Waals surface area contributed by atoms with E-state index in [9.17, 15) is 22.7 Å². The molecule has 2 aromatic carbocycles. The van der Waals surface area contributed by atoms with Gasteiger partial charge in [0.2, 0.25) is 15.8 Å². The summed E-state index contributed by atoms with van der Waals surface area (Å²) in [5.74, 6) is -3.34. The van der Waals surface area contributed by atoms with Gasteiger partial charge >= 0.3 is 5.97 Å². The number of nitrogens with zero attached hydrogens (tertiary/aromatic N) is 2. The third kappa shape index (κ3) is 6.52. The minimum absolute atomic E-state index is 0.0682. The summed E-state index contributed by atoms with van der Waals surface area (Å²) in [5.41, 5.74) is 2.26. The molecule has 1 aromatic heterocycles. The lowest BCUT2D eigenvalue weighted by Crippen LogP contribution is -2.40. The monoisotopic (exact) mass is 501 g/mol. The highest BCUT2D eigenvalue weighted by molar-refractivity contribution is 7.89. The molecule has 0 spiro atoms. The highest BCUT2D eigenvalue weighted by atomic mass is 32.2. The van der Waals surface area contributed by atoms with E-state index in [4.69, 9.17) is 4.52 Å². The second kappa shape index (κ2) is 10.7. The van der Waals surface area contributed by atoms with Gasteiger partial charge in [-0.2, -0.15) is 4.98 Å². The Bertz CT molecular complexity index is 1280. The van der Waals surface area contributed by atoms with Gasteiger partial charge in [-0.3, -0.25) is 4.79 Å². The average Bonchev–Trinajstić information content (AvgIpc) is 3.29. The van der Waals surface area contributed by atoms with Crippen LogP contribution in [0.2, 0.25) is 0 Å². The minimum atomic E-state index is -3.79. The van der Waals surface area contributed by atoms with Crippen molar-refractivity contribution in [3.8, 4) is 22.8 Å². The molecule has 1 unspecified atom stereocenters. The number of rotatable bonds is 9. The summed E-state index contributed by atoms with van der Waals surface area (Å²) in [4.78, 5) is 16.1. The fraction of sp³-hybridized carbons (Fsp3) is 0.400. The Morgan fingerprint density at radius 2 is 1.89 bits per heavy atom. The lowest BCUT2D eigenvalue weighted by Gasteiger charge is -2.23. The van der Waals surface area contributed by atoms with Crippen molar-refractivity contribution in [2.24, 2.45) is 5.92 Å². The molecule has 35 heavy (non-hydrogen) atoms. The fourth-order valence-corrected chi connectivity index (χ4v) is 5.93. The number of carbonyl (C=O) groups is 1. The Morgan fingerprint density at radius 1 is 1.17 bits per heavy atom. The van der Waals surface area contributed by atoms with Gasteiger partial charge in [-0.15, -0.1) is 0 Å². The summed E-state index contributed by atoms with van der Waals surface area (Å²) in [7, 11) is -3.79. The summed E-state index contributed by atoms with van der Waals surface area (Å²) in [6.07, 6.45) is 4.37. The zero-order valence-corrected chi connectivity index (χ0v) is 20.2. The summed E-state index contributed by atoms with van der Waals surface area (Å²) in [5, 5.41) is 13.5. The molecule has 1 saturated carbocycles. The fourth-order valence-electron chi connectivity index (χ4n) is 4.30. The number of carboxylic acids is 1. The number of aryl methyl sites for hydroxylation is 1. The summed E-state index contributed by atoms with van der Waals surface area (Å²) in [6.45, 7) is 1.96. The zero-order valence-electron chi connectivity index (χ0n) is 19.4. The minimum Gasteiger partial charge on any atom is -0.481 e. The molecular formula is C25H28FN3O5S. The average molecular weight is 502 g/mol. The maximum Gasteiger partial charge on any atom is 0.307 e. The van der Waals surface area contributed by atoms with Gasteiger partial charge in [0, 0.05) is 11.6 Å². The number of nitrogens with one attached hydrogen (secondary N) is 1. The van der Waals surface area contributed by atoms with Crippen LogP contribution in [0.1, 0.15) is 43.2 Å². The van der Waals surface area contributed by atoms with Crippen LogP contribution >= 0.6 is 0 Å². The van der Waals surface area contributed by atoms with Crippen LogP contribution < -0.4 is 4.72 Å². The lowest BCUT2D eigenvalue weighted by molar-refractivity contribution is -0.140. The summed E-state index contributed by atoms with van der Waals surface area (Å²) < 4.78 is 47.9. The first kappa shape index (κ1) is 25.0. The molecule has 1 aliphatic rings. The number of hydrogen-bond acceptors (Lipinski definition) is 6. The van der Waals surface area contributed by atoms with Gasteiger partial charge in [0.05, 0.1) is 17.2 Å². The molecule has 4 rings (SSSR count). The van der Waals surface area contributed by atoms with Crippen LogP contribution in [0.3, 0.4) is 0 Å². The van der Waals surface area contributed by atoms with Crippen molar-refractivity contribution in [2.75, 3.05) is 5.75 Å². The normalized spacial score (nSPS) is 15.7. The van der Waals surface area contributed by atoms with Crippen LogP contribution in [-0.2, 0) is 21.2 Å². The highest BCUT2D eigenvalue weighted by Gasteiger charge is 2.28. The Labute approximate surface area is 203 Å². The Balaban J connectivity index is 1.46. The van der Waals surface area contributed by atoms with Crippen LogP contribution in [0.5, 0.6) is 0 Å². The molecule has 0 saturated heterocycles. The lowest BCUT2D eigenvalue weighted by atomic mass is 9.96. The highest BCUT2D eigenvalue weighted by Crippen LogP contribution is 2.26. The topological polar surface area (TPSA) is 122 Å². The van der Waals surface area contributed by atoms with E-state index in [1.54, 1.807) is 6.07 Å². The van der Waals surface area contributed by atoms with Gasteiger partial charge in [0.1, 0.15) is 5.82 Å². The maximum absolute atomic E-state index is 14.9. The molecule has 0 radical (unpaired) electrons. The van der Waals surface area contributed by atoms with Gasteiger partial charge in [-0.1, -0.05) is 48.2 Å². The van der Waals surface area contributed by atoms with Crippen molar-refractivity contribution >= 4 is 16.0 Å². The molecule has 186 valence electrons. The Morgan fingerprint density at radius 3 is 2.54 bits per heavy atom. The van der Waals surface area contributed by atoms with E-state index in [0.29, 0.717) is 11.1 Å². The summed E-state index contributed by atoms with van der Waals surface area (Å²) in [6, 6.07) is 11.5. The third-order valence-corrected chi connectivity index (χ3v) is 7.74. The molecule has 3 aromatic rings. The molecule has 2 N–H and O–H groups in total. The number of benzene rings is 2. The molecule has 1 atom stereocenters. The molecule has 0 bridgehead atoms. The van der Waals surface area contributed by atoms with E-state index in [1.807, 2.05) is 31.2 Å². The second-order valence-electron chi connectivity index (χ2n) is 9.08. The van der Waals surface area contributed by atoms with Crippen molar-refractivity contribution in [3.63, 3.8) is 0 Å². The first-order valence-corrected chi connectivity index (χ1v) is 13.3. The van der Waals surface area contributed by atoms with E-state index in [1.165, 1.54) is 12.1 Å². The molecular weight excluding hydrogens is 473 g/mol. The smallest absolute Gasteiger partial charge is 0.307 e. The Kier molecular flexibility index (Phi) is 7.61. The van der Waals surface area contributed by atoms with Crippen molar-refractivity contribution < 1.29 is 27.2 Å². The SMILES string of the molecule is Cc1ccc(-c2nc(-c3ccc(CC(CS(=O)(=O)NC4CCCCC4)C(=O)O)cc3F)no2)cc1. The van der Waals surface area contributed by atoms with Crippen molar-refractivity contribution in [1.29, 1.82) is 0 Å². The number of aliphatic carboxylic acids is 1. The second-order valence-corrected chi connectivity index (χ2v) is 10.9. The van der Waals surface area contributed by atoms with Gasteiger partial charge in [-0.25, -0.2) is 17.5 Å². The Hall–Kier alpha value is -3.11.